The minimum Gasteiger partial charge on any atom is -0.392 e. The molecule has 1 aliphatic rings. The van der Waals surface area contributed by atoms with Crippen LogP contribution in [-0.2, 0) is 4.79 Å². The van der Waals surface area contributed by atoms with Crippen LogP contribution < -0.4 is 10.6 Å². The van der Waals surface area contributed by atoms with Gasteiger partial charge in [0.1, 0.15) is 0 Å². The van der Waals surface area contributed by atoms with Crippen LogP contribution >= 0.6 is 12.4 Å². The van der Waals surface area contributed by atoms with Crippen molar-refractivity contribution in [2.75, 3.05) is 13.1 Å². The van der Waals surface area contributed by atoms with Crippen molar-refractivity contribution in [2.45, 2.75) is 45.8 Å². The van der Waals surface area contributed by atoms with E-state index >= 15 is 0 Å². The first-order chi connectivity index (χ1) is 6.88. The van der Waals surface area contributed by atoms with Crippen molar-refractivity contribution in [3.63, 3.8) is 0 Å². The summed E-state index contributed by atoms with van der Waals surface area (Å²) in [6.45, 7) is 7.68. The SMILES string of the molecule is CC(C)(C)CCNC(=O)[C@H]1C[C@@H](O)CN1.Cl. The molecule has 16 heavy (non-hydrogen) atoms. The number of hydrogen-bond acceptors (Lipinski definition) is 3. The molecular weight excluding hydrogens is 228 g/mol. The molecule has 0 radical (unpaired) electrons. The molecule has 0 aromatic carbocycles. The van der Waals surface area contributed by atoms with Gasteiger partial charge in [0, 0.05) is 13.1 Å². The number of amides is 1. The van der Waals surface area contributed by atoms with Crippen molar-refractivity contribution in [1.29, 1.82) is 0 Å². The molecule has 1 aliphatic heterocycles. The molecule has 0 aromatic rings. The van der Waals surface area contributed by atoms with Crippen LogP contribution in [0.4, 0.5) is 0 Å². The lowest BCUT2D eigenvalue weighted by atomic mass is 9.92. The summed E-state index contributed by atoms with van der Waals surface area (Å²) in [7, 11) is 0. The summed E-state index contributed by atoms with van der Waals surface area (Å²) in [6, 6.07) is -0.208. The number of rotatable bonds is 3. The van der Waals surface area contributed by atoms with E-state index in [1.807, 2.05) is 0 Å². The molecule has 1 rings (SSSR count). The van der Waals surface area contributed by atoms with Crippen molar-refractivity contribution in [1.82, 2.24) is 10.6 Å². The topological polar surface area (TPSA) is 61.4 Å². The van der Waals surface area contributed by atoms with Crippen molar-refractivity contribution >= 4 is 18.3 Å². The Morgan fingerprint density at radius 3 is 2.56 bits per heavy atom. The van der Waals surface area contributed by atoms with Crippen LogP contribution in [0, 0.1) is 5.41 Å². The van der Waals surface area contributed by atoms with E-state index in [1.165, 1.54) is 0 Å². The third kappa shape index (κ3) is 5.68. The number of carbonyl (C=O) groups excluding carboxylic acids is 1. The number of hydrogen-bond donors (Lipinski definition) is 3. The predicted octanol–water partition coefficient (Wildman–Crippen LogP) is 0.683. The summed E-state index contributed by atoms with van der Waals surface area (Å²) in [4.78, 5) is 11.6. The van der Waals surface area contributed by atoms with Crippen molar-refractivity contribution in [2.24, 2.45) is 5.41 Å². The summed E-state index contributed by atoms with van der Waals surface area (Å²) < 4.78 is 0. The molecule has 1 saturated heterocycles. The second kappa shape index (κ2) is 6.42. The second-order valence-corrected chi connectivity index (χ2v) is 5.45. The molecule has 1 amide bonds. The van der Waals surface area contributed by atoms with Gasteiger partial charge in [-0.1, -0.05) is 20.8 Å². The summed E-state index contributed by atoms with van der Waals surface area (Å²) >= 11 is 0. The zero-order chi connectivity index (χ0) is 11.5. The number of nitrogens with one attached hydrogen (secondary N) is 2. The molecule has 2 atom stereocenters. The van der Waals surface area contributed by atoms with Crippen LogP contribution in [0.3, 0.4) is 0 Å². The Hall–Kier alpha value is -0.320. The van der Waals surface area contributed by atoms with Gasteiger partial charge in [0.2, 0.25) is 5.91 Å². The number of carbonyl (C=O) groups is 1. The monoisotopic (exact) mass is 250 g/mol. The zero-order valence-electron chi connectivity index (χ0n) is 10.2. The van der Waals surface area contributed by atoms with E-state index in [1.54, 1.807) is 0 Å². The van der Waals surface area contributed by atoms with Gasteiger partial charge in [0.15, 0.2) is 0 Å². The number of halogens is 1. The van der Waals surface area contributed by atoms with Crippen LogP contribution in [0.15, 0.2) is 0 Å². The maximum Gasteiger partial charge on any atom is 0.237 e. The highest BCUT2D eigenvalue weighted by atomic mass is 35.5. The fraction of sp³-hybridized carbons (Fsp3) is 0.909. The second-order valence-electron chi connectivity index (χ2n) is 5.45. The van der Waals surface area contributed by atoms with Gasteiger partial charge in [-0.25, -0.2) is 0 Å². The fourth-order valence-electron chi connectivity index (χ4n) is 1.60. The van der Waals surface area contributed by atoms with Gasteiger partial charge >= 0.3 is 0 Å². The number of aliphatic hydroxyl groups is 1. The number of β-amino-alcohol motifs (C(OH)–C–C–N with tert-alkyl or cyclic N) is 1. The quantitative estimate of drug-likeness (QED) is 0.691. The van der Waals surface area contributed by atoms with Gasteiger partial charge in [-0.05, 0) is 18.3 Å². The molecule has 96 valence electrons. The van der Waals surface area contributed by atoms with E-state index in [2.05, 4.69) is 31.4 Å². The molecule has 0 saturated carbocycles. The molecule has 4 nitrogen and oxygen atoms in total. The Kier molecular flexibility index (Phi) is 6.30. The van der Waals surface area contributed by atoms with Crippen LogP contribution in [0.5, 0.6) is 0 Å². The average molecular weight is 251 g/mol. The van der Waals surface area contributed by atoms with Crippen LogP contribution in [0.25, 0.3) is 0 Å². The number of aliphatic hydroxyl groups excluding tert-OH is 1. The van der Waals surface area contributed by atoms with Gasteiger partial charge in [-0.3, -0.25) is 4.79 Å². The Morgan fingerprint density at radius 1 is 1.50 bits per heavy atom. The standard InChI is InChI=1S/C11H22N2O2.ClH/c1-11(2,3)4-5-12-10(15)9-6-8(14)7-13-9;/h8-9,13-14H,4-7H2,1-3H3,(H,12,15);1H/t8-,9-;/m1./s1. The highest BCUT2D eigenvalue weighted by molar-refractivity contribution is 5.85. The largest absolute Gasteiger partial charge is 0.392 e. The third-order valence-corrected chi connectivity index (χ3v) is 2.60. The van der Waals surface area contributed by atoms with E-state index in [0.717, 1.165) is 6.42 Å². The molecule has 0 aliphatic carbocycles. The first kappa shape index (κ1) is 15.7. The Bertz CT molecular complexity index is 229. The molecular formula is C11H23ClN2O2. The highest BCUT2D eigenvalue weighted by Crippen LogP contribution is 2.17. The average Bonchev–Trinajstić information content (AvgIpc) is 2.49. The van der Waals surface area contributed by atoms with Crippen molar-refractivity contribution in [3.8, 4) is 0 Å². The molecule has 0 unspecified atom stereocenters. The Morgan fingerprint density at radius 2 is 2.12 bits per heavy atom. The highest BCUT2D eigenvalue weighted by Gasteiger charge is 2.27. The van der Waals surface area contributed by atoms with E-state index in [0.29, 0.717) is 19.5 Å². The zero-order valence-corrected chi connectivity index (χ0v) is 11.1. The fourth-order valence-corrected chi connectivity index (χ4v) is 1.60. The molecule has 1 fully saturated rings. The summed E-state index contributed by atoms with van der Waals surface area (Å²) in [5, 5.41) is 15.1. The van der Waals surface area contributed by atoms with Crippen molar-refractivity contribution in [3.05, 3.63) is 0 Å². The molecule has 5 heteroatoms. The summed E-state index contributed by atoms with van der Waals surface area (Å²) in [6.07, 6.45) is 1.12. The van der Waals surface area contributed by atoms with Gasteiger partial charge < -0.3 is 15.7 Å². The maximum absolute atomic E-state index is 11.6. The van der Waals surface area contributed by atoms with Gasteiger partial charge in [0.05, 0.1) is 12.1 Å². The minimum atomic E-state index is -0.372. The maximum atomic E-state index is 11.6. The van der Waals surface area contributed by atoms with Gasteiger partial charge in [-0.2, -0.15) is 0 Å². The van der Waals surface area contributed by atoms with E-state index in [4.69, 9.17) is 0 Å². The predicted molar refractivity (Wildman–Crippen MR) is 66.7 cm³/mol. The normalized spacial score (nSPS) is 25.0. The smallest absolute Gasteiger partial charge is 0.237 e. The van der Waals surface area contributed by atoms with Gasteiger partial charge in [0.25, 0.3) is 0 Å². The summed E-state index contributed by atoms with van der Waals surface area (Å²) in [5.74, 6) is 0.0100. The van der Waals surface area contributed by atoms with Crippen LogP contribution in [0.1, 0.15) is 33.6 Å². The molecule has 0 bridgehead atoms. The molecule has 0 spiro atoms. The Balaban J connectivity index is 0.00000225. The van der Waals surface area contributed by atoms with Crippen molar-refractivity contribution < 1.29 is 9.90 Å². The van der Waals surface area contributed by atoms with E-state index < -0.39 is 0 Å². The molecule has 0 aromatic heterocycles. The molecule has 3 N–H and O–H groups in total. The van der Waals surface area contributed by atoms with Crippen LogP contribution in [0.2, 0.25) is 0 Å². The Labute approximate surface area is 104 Å². The minimum absolute atomic E-state index is 0. The van der Waals surface area contributed by atoms with Gasteiger partial charge in [-0.15, -0.1) is 12.4 Å². The molecule has 1 heterocycles. The first-order valence-electron chi connectivity index (χ1n) is 5.58. The summed E-state index contributed by atoms with van der Waals surface area (Å²) in [5.41, 5.74) is 0.246. The lowest BCUT2D eigenvalue weighted by Gasteiger charge is -2.19. The third-order valence-electron chi connectivity index (χ3n) is 2.60. The first-order valence-corrected chi connectivity index (χ1v) is 5.58. The van der Waals surface area contributed by atoms with E-state index in [-0.39, 0.29) is 35.9 Å². The van der Waals surface area contributed by atoms with E-state index in [9.17, 15) is 9.90 Å². The lowest BCUT2D eigenvalue weighted by Crippen LogP contribution is -2.41. The van der Waals surface area contributed by atoms with Crippen LogP contribution in [-0.4, -0.2) is 36.2 Å². The lowest BCUT2D eigenvalue weighted by molar-refractivity contribution is -0.123.